The number of carbonyl (C=O) groups excluding carboxylic acids is 3. The van der Waals surface area contributed by atoms with Crippen molar-refractivity contribution < 1.29 is 27.6 Å². The molecule has 40 heavy (non-hydrogen) atoms. The second-order valence-electron chi connectivity index (χ2n) is 11.6. The van der Waals surface area contributed by atoms with Gasteiger partial charge < -0.3 is 25.4 Å². The number of H-pyrrole nitrogens is 1. The van der Waals surface area contributed by atoms with Gasteiger partial charge in [0.25, 0.3) is 0 Å². The summed E-state index contributed by atoms with van der Waals surface area (Å²) in [6.45, 7) is 3.78. The standard InChI is InChI=1S/C29H38F3N5O3/c1-16-9-10-19-20(14-34-22(19)13-16)21-15-37(28(40)29(30,31)32)23-11-12-36(25(21)23)27(39)24(18-7-5-4-6-8-18)35-26(38)17(2)33-3/h9-10,13-14,17-18,21,23-25,33-34H,4-8,11-12,15H2,1-3H3,(H,35,38)/t17-,21+,23+,24-,25+/m0/s1. The highest BCUT2D eigenvalue weighted by Gasteiger charge is 2.57. The van der Waals surface area contributed by atoms with Gasteiger partial charge in [0.05, 0.1) is 18.1 Å². The number of hydrogen-bond acceptors (Lipinski definition) is 4. The Kier molecular flexibility index (Phi) is 7.87. The zero-order valence-electron chi connectivity index (χ0n) is 23.2. The number of aryl methyl sites for hydroxylation is 1. The fourth-order valence-corrected chi connectivity index (χ4v) is 7.02. The molecule has 3 aliphatic rings. The molecule has 1 aliphatic carbocycles. The van der Waals surface area contributed by atoms with Crippen LogP contribution in [-0.2, 0) is 14.4 Å². The van der Waals surface area contributed by atoms with Gasteiger partial charge in [0, 0.05) is 36.1 Å². The van der Waals surface area contributed by atoms with Crippen molar-refractivity contribution in [2.75, 3.05) is 20.1 Å². The van der Waals surface area contributed by atoms with Crippen LogP contribution in [-0.4, -0.2) is 83.0 Å². The Hall–Kier alpha value is -3.08. The second-order valence-corrected chi connectivity index (χ2v) is 11.6. The minimum atomic E-state index is -5.00. The molecule has 3 amide bonds. The number of likely N-dealkylation sites (tertiary alicyclic amines) is 2. The van der Waals surface area contributed by atoms with Gasteiger partial charge in [-0.1, -0.05) is 31.4 Å². The van der Waals surface area contributed by atoms with Crippen LogP contribution in [0.15, 0.2) is 24.4 Å². The molecule has 1 saturated carbocycles. The summed E-state index contributed by atoms with van der Waals surface area (Å²) in [4.78, 5) is 45.6. The van der Waals surface area contributed by atoms with Crippen molar-refractivity contribution in [2.45, 2.75) is 88.6 Å². The third-order valence-electron chi connectivity index (χ3n) is 9.19. The Labute approximate surface area is 232 Å². The summed E-state index contributed by atoms with van der Waals surface area (Å²) >= 11 is 0. The molecule has 11 heteroatoms. The van der Waals surface area contributed by atoms with Gasteiger partial charge in [-0.2, -0.15) is 13.2 Å². The molecular formula is C29H38F3N5O3. The van der Waals surface area contributed by atoms with Gasteiger partial charge in [-0.05, 0) is 63.3 Å². The Morgan fingerprint density at radius 2 is 1.80 bits per heavy atom. The van der Waals surface area contributed by atoms with Gasteiger partial charge >= 0.3 is 12.1 Å². The predicted molar refractivity (Wildman–Crippen MR) is 144 cm³/mol. The number of nitrogens with zero attached hydrogens (tertiary/aromatic N) is 2. The molecule has 1 aromatic carbocycles. The first-order chi connectivity index (χ1) is 19.0. The molecule has 2 aromatic rings. The SMILES string of the molecule is CN[C@@H](C)C(=O)N[C@H](C(=O)N1CC[C@@H]2[C@H]1[C@@H](c1c[nH]c3cc(C)ccc13)CN2C(=O)C(F)(F)F)C1CCCCC1. The van der Waals surface area contributed by atoms with Crippen molar-refractivity contribution in [3.8, 4) is 0 Å². The fraction of sp³-hybridized carbons (Fsp3) is 0.621. The molecular weight excluding hydrogens is 523 g/mol. The van der Waals surface area contributed by atoms with E-state index in [9.17, 15) is 27.6 Å². The number of nitrogens with one attached hydrogen (secondary N) is 3. The van der Waals surface area contributed by atoms with E-state index >= 15 is 0 Å². The molecule has 5 atom stereocenters. The van der Waals surface area contributed by atoms with E-state index in [1.807, 2.05) is 25.1 Å². The van der Waals surface area contributed by atoms with Crippen LogP contribution in [0.3, 0.4) is 0 Å². The van der Waals surface area contributed by atoms with E-state index in [0.717, 1.165) is 59.0 Å². The maximum absolute atomic E-state index is 14.3. The Bertz CT molecular complexity index is 1270. The molecule has 3 N–H and O–H groups in total. The van der Waals surface area contributed by atoms with Crippen molar-refractivity contribution in [1.82, 2.24) is 25.4 Å². The van der Waals surface area contributed by atoms with Crippen molar-refractivity contribution in [3.05, 3.63) is 35.5 Å². The molecule has 218 valence electrons. The lowest BCUT2D eigenvalue weighted by molar-refractivity contribution is -0.186. The number of benzene rings is 1. The van der Waals surface area contributed by atoms with E-state index in [1.165, 1.54) is 0 Å². The summed E-state index contributed by atoms with van der Waals surface area (Å²) < 4.78 is 41.0. The van der Waals surface area contributed by atoms with Crippen molar-refractivity contribution in [1.29, 1.82) is 0 Å². The molecule has 8 nitrogen and oxygen atoms in total. The van der Waals surface area contributed by atoms with Crippen molar-refractivity contribution in [2.24, 2.45) is 5.92 Å². The van der Waals surface area contributed by atoms with Crippen LogP contribution in [0.25, 0.3) is 10.9 Å². The maximum atomic E-state index is 14.3. The number of hydrogen-bond donors (Lipinski definition) is 3. The third kappa shape index (κ3) is 5.20. The first kappa shape index (κ1) is 28.4. The zero-order chi connectivity index (χ0) is 28.8. The van der Waals surface area contributed by atoms with Crippen LogP contribution in [0.4, 0.5) is 13.2 Å². The molecule has 0 unspecified atom stereocenters. The van der Waals surface area contributed by atoms with Crippen molar-refractivity contribution in [3.63, 3.8) is 0 Å². The number of likely N-dealkylation sites (N-methyl/N-ethyl adjacent to an activating group) is 1. The summed E-state index contributed by atoms with van der Waals surface area (Å²) in [6.07, 6.45) is 1.65. The first-order valence-electron chi connectivity index (χ1n) is 14.2. The average molecular weight is 562 g/mol. The smallest absolute Gasteiger partial charge is 0.361 e. The number of rotatable bonds is 6. The van der Waals surface area contributed by atoms with Gasteiger partial charge in [-0.25, -0.2) is 0 Å². The van der Waals surface area contributed by atoms with Crippen LogP contribution in [0.2, 0.25) is 0 Å². The molecule has 0 radical (unpaired) electrons. The van der Waals surface area contributed by atoms with E-state index in [4.69, 9.17) is 0 Å². The zero-order valence-corrected chi connectivity index (χ0v) is 23.2. The monoisotopic (exact) mass is 561 g/mol. The average Bonchev–Trinajstić information content (AvgIpc) is 3.64. The molecule has 2 aliphatic heterocycles. The first-order valence-corrected chi connectivity index (χ1v) is 14.2. The highest BCUT2D eigenvalue weighted by Crippen LogP contribution is 2.45. The van der Waals surface area contributed by atoms with E-state index in [-0.39, 0.29) is 37.2 Å². The minimum Gasteiger partial charge on any atom is -0.361 e. The lowest BCUT2D eigenvalue weighted by Crippen LogP contribution is -2.57. The summed E-state index contributed by atoms with van der Waals surface area (Å²) in [5.41, 5.74) is 2.69. The largest absolute Gasteiger partial charge is 0.471 e. The summed E-state index contributed by atoms with van der Waals surface area (Å²) in [5.74, 6) is -2.96. The third-order valence-corrected chi connectivity index (χ3v) is 9.19. The van der Waals surface area contributed by atoms with E-state index < -0.39 is 42.2 Å². The topological polar surface area (TPSA) is 97.5 Å². The molecule has 0 spiro atoms. The van der Waals surface area contributed by atoms with Gasteiger partial charge in [0.2, 0.25) is 11.8 Å². The number of aromatic nitrogens is 1. The summed E-state index contributed by atoms with van der Waals surface area (Å²) in [5, 5.41) is 6.75. The number of alkyl halides is 3. The number of carbonyl (C=O) groups is 3. The Balaban J connectivity index is 1.51. The van der Waals surface area contributed by atoms with Crippen LogP contribution in [0.5, 0.6) is 0 Å². The molecule has 1 aromatic heterocycles. The molecule has 5 rings (SSSR count). The normalized spacial score (nSPS) is 25.2. The lowest BCUT2D eigenvalue weighted by atomic mass is 9.82. The number of halogens is 3. The molecule has 2 saturated heterocycles. The van der Waals surface area contributed by atoms with E-state index in [1.54, 1.807) is 25.1 Å². The molecule has 3 heterocycles. The van der Waals surface area contributed by atoms with Gasteiger partial charge in [0.15, 0.2) is 0 Å². The van der Waals surface area contributed by atoms with Crippen LogP contribution >= 0.6 is 0 Å². The highest BCUT2D eigenvalue weighted by atomic mass is 19.4. The summed E-state index contributed by atoms with van der Waals surface area (Å²) in [7, 11) is 1.67. The quantitative estimate of drug-likeness (QED) is 0.502. The second kappa shape index (κ2) is 11.1. The number of amides is 3. The van der Waals surface area contributed by atoms with Gasteiger partial charge in [-0.3, -0.25) is 14.4 Å². The minimum absolute atomic E-state index is 0.0443. The number of fused-ring (bicyclic) bond motifs is 2. The fourth-order valence-electron chi connectivity index (χ4n) is 7.02. The maximum Gasteiger partial charge on any atom is 0.471 e. The lowest BCUT2D eigenvalue weighted by Gasteiger charge is -2.36. The Morgan fingerprint density at radius 1 is 1.07 bits per heavy atom. The van der Waals surface area contributed by atoms with Gasteiger partial charge in [0.1, 0.15) is 6.04 Å². The van der Waals surface area contributed by atoms with E-state index in [2.05, 4.69) is 15.6 Å². The van der Waals surface area contributed by atoms with Crippen LogP contribution in [0.1, 0.15) is 62.5 Å². The molecule has 0 bridgehead atoms. The predicted octanol–water partition coefficient (Wildman–Crippen LogP) is 3.61. The molecule has 3 fully saturated rings. The van der Waals surface area contributed by atoms with Crippen molar-refractivity contribution >= 4 is 28.6 Å². The Morgan fingerprint density at radius 3 is 2.48 bits per heavy atom. The van der Waals surface area contributed by atoms with Gasteiger partial charge in [-0.15, -0.1) is 0 Å². The van der Waals surface area contributed by atoms with Crippen LogP contribution in [0, 0.1) is 12.8 Å². The highest BCUT2D eigenvalue weighted by molar-refractivity contribution is 5.91. The van der Waals surface area contributed by atoms with Crippen LogP contribution < -0.4 is 10.6 Å². The summed E-state index contributed by atoms with van der Waals surface area (Å²) in [6, 6.07) is 3.21. The number of aromatic amines is 1. The van der Waals surface area contributed by atoms with E-state index in [0.29, 0.717) is 0 Å².